The summed E-state index contributed by atoms with van der Waals surface area (Å²) in [6.45, 7) is 7.73. The topological polar surface area (TPSA) is 120 Å². The van der Waals surface area contributed by atoms with Gasteiger partial charge in [0.05, 0.1) is 0 Å². The third-order valence-electron chi connectivity index (χ3n) is 4.70. The predicted octanol–water partition coefficient (Wildman–Crippen LogP) is 3.37. The van der Waals surface area contributed by atoms with E-state index in [0.717, 1.165) is 25.7 Å². The summed E-state index contributed by atoms with van der Waals surface area (Å²) >= 11 is 0. The molecule has 0 amide bonds. The van der Waals surface area contributed by atoms with Crippen molar-refractivity contribution >= 4 is 11.9 Å². The van der Waals surface area contributed by atoms with Crippen LogP contribution in [0.3, 0.4) is 0 Å². The van der Waals surface area contributed by atoms with E-state index >= 15 is 0 Å². The lowest BCUT2D eigenvalue weighted by Gasteiger charge is -2.43. The van der Waals surface area contributed by atoms with Crippen LogP contribution >= 0.6 is 0 Å². The number of esters is 2. The van der Waals surface area contributed by atoms with Crippen LogP contribution < -0.4 is 0 Å². The van der Waals surface area contributed by atoms with Crippen LogP contribution in [0.5, 0.6) is 0 Å². The molecule has 0 aliphatic carbocycles. The molecule has 0 saturated carbocycles. The smallest absolute Gasteiger partial charge is 0.303 e. The highest BCUT2D eigenvalue weighted by Crippen LogP contribution is 2.33. The fraction of sp³-hybridized carbons (Fsp3) is 0.889. The summed E-state index contributed by atoms with van der Waals surface area (Å²) in [5.41, 5.74) is 8.22. The second-order valence-electron chi connectivity index (χ2n) is 6.88. The van der Waals surface area contributed by atoms with E-state index in [1.54, 1.807) is 0 Å². The van der Waals surface area contributed by atoms with Crippen LogP contribution in [0.25, 0.3) is 10.4 Å². The van der Waals surface area contributed by atoms with Gasteiger partial charge >= 0.3 is 11.9 Å². The highest BCUT2D eigenvalue weighted by atomic mass is 16.7. The van der Waals surface area contributed by atoms with E-state index in [1.165, 1.54) is 13.8 Å². The Morgan fingerprint density at radius 1 is 1.07 bits per heavy atom. The molecule has 0 spiro atoms. The molecule has 1 aliphatic rings. The summed E-state index contributed by atoms with van der Waals surface area (Å²) in [5.74, 6) is -0.787. The summed E-state index contributed by atoms with van der Waals surface area (Å²) in [4.78, 5) is 25.3. The number of carbonyl (C=O) groups is 2. The Bertz CT molecular complexity index is 523. The number of unbranched alkanes of at least 4 members (excludes halogenated alkanes) is 3. The average Bonchev–Trinajstić information content (AvgIpc) is 2.61. The van der Waals surface area contributed by atoms with Crippen molar-refractivity contribution in [3.8, 4) is 0 Å². The molecule has 1 fully saturated rings. The average molecular weight is 385 g/mol. The van der Waals surface area contributed by atoms with Crippen molar-refractivity contribution in [1.82, 2.24) is 0 Å². The zero-order valence-electron chi connectivity index (χ0n) is 16.6. The second kappa shape index (κ2) is 12.5. The molecule has 1 rings (SSSR count). The highest BCUT2D eigenvalue weighted by Gasteiger charge is 2.44. The number of ether oxygens (including phenoxy) is 4. The molecule has 0 radical (unpaired) electrons. The van der Waals surface area contributed by atoms with Gasteiger partial charge in [0.25, 0.3) is 0 Å². The molecule has 0 aromatic heterocycles. The van der Waals surface area contributed by atoms with Gasteiger partial charge in [0.1, 0.15) is 18.8 Å². The molecule has 1 heterocycles. The molecule has 0 bridgehead atoms. The third kappa shape index (κ3) is 8.60. The first kappa shape index (κ1) is 23.2. The second-order valence-corrected chi connectivity index (χ2v) is 6.88. The summed E-state index contributed by atoms with van der Waals surface area (Å²) in [7, 11) is 0. The number of rotatable bonds is 11. The maximum atomic E-state index is 11.4. The summed E-state index contributed by atoms with van der Waals surface area (Å²) in [6.07, 6.45) is 2.20. The van der Waals surface area contributed by atoms with E-state index in [0.29, 0.717) is 13.2 Å². The Kier molecular flexibility index (Phi) is 10.8. The molecule has 9 nitrogen and oxygen atoms in total. The van der Waals surface area contributed by atoms with E-state index in [1.807, 2.05) is 13.8 Å². The van der Waals surface area contributed by atoms with Crippen molar-refractivity contribution in [2.24, 2.45) is 17.0 Å². The predicted molar refractivity (Wildman–Crippen MR) is 97.6 cm³/mol. The Hall–Kier alpha value is -1.83. The molecule has 1 aliphatic heterocycles. The van der Waals surface area contributed by atoms with Gasteiger partial charge in [0.15, 0.2) is 6.29 Å². The quantitative estimate of drug-likeness (QED) is 0.177. The molecular formula is C18H31N3O6. The first-order valence-corrected chi connectivity index (χ1v) is 9.45. The minimum Gasteiger partial charge on any atom is -0.463 e. The largest absolute Gasteiger partial charge is 0.463 e. The van der Waals surface area contributed by atoms with Crippen molar-refractivity contribution in [3.05, 3.63) is 10.4 Å². The van der Waals surface area contributed by atoms with Gasteiger partial charge in [0.2, 0.25) is 0 Å². The third-order valence-corrected chi connectivity index (χ3v) is 4.70. The molecule has 1 saturated heterocycles. The Morgan fingerprint density at radius 3 is 2.41 bits per heavy atom. The van der Waals surface area contributed by atoms with Gasteiger partial charge in [-0.15, -0.1) is 0 Å². The van der Waals surface area contributed by atoms with Crippen LogP contribution in [-0.2, 0) is 28.5 Å². The molecule has 0 N–H and O–H groups in total. The zero-order chi connectivity index (χ0) is 20.2. The number of hydrogen-bond acceptors (Lipinski definition) is 7. The van der Waals surface area contributed by atoms with Gasteiger partial charge in [-0.3, -0.25) is 9.59 Å². The van der Waals surface area contributed by atoms with E-state index < -0.39 is 30.4 Å². The van der Waals surface area contributed by atoms with Crippen LogP contribution in [-0.4, -0.2) is 50.2 Å². The molecule has 9 heteroatoms. The monoisotopic (exact) mass is 385 g/mol. The van der Waals surface area contributed by atoms with Crippen molar-refractivity contribution in [3.63, 3.8) is 0 Å². The maximum absolute atomic E-state index is 11.4. The van der Waals surface area contributed by atoms with Crippen LogP contribution in [0.4, 0.5) is 0 Å². The van der Waals surface area contributed by atoms with Crippen molar-refractivity contribution < 1.29 is 28.5 Å². The first-order chi connectivity index (χ1) is 12.9. The summed E-state index contributed by atoms with van der Waals surface area (Å²) in [6, 6.07) is 0. The lowest BCUT2D eigenvalue weighted by Crippen LogP contribution is -2.53. The fourth-order valence-electron chi connectivity index (χ4n) is 3.04. The van der Waals surface area contributed by atoms with Crippen molar-refractivity contribution in [2.45, 2.75) is 71.9 Å². The molecular weight excluding hydrogens is 354 g/mol. The summed E-state index contributed by atoms with van der Waals surface area (Å²) < 4.78 is 22.3. The minimum atomic E-state index is -0.558. The Labute approximate surface area is 160 Å². The lowest BCUT2D eigenvalue weighted by atomic mass is 9.84. The molecule has 0 aromatic rings. The SMILES string of the molecule is CC(=O)OCC1OC(OCCCCCCN=[N+]=[N-])C(C)C(C)C1OC(C)=O. The van der Waals surface area contributed by atoms with E-state index in [-0.39, 0.29) is 18.4 Å². The molecule has 0 aromatic carbocycles. The standard InChI is InChI=1S/C18H31N3O6/c1-12-13(2)18(24-10-8-6-5-7-9-20-21-19)27-16(11-25-14(3)22)17(12)26-15(4)23/h12-13,16-18H,5-11H2,1-4H3. The van der Waals surface area contributed by atoms with Gasteiger partial charge in [-0.2, -0.15) is 0 Å². The lowest BCUT2D eigenvalue weighted by molar-refractivity contribution is -0.273. The van der Waals surface area contributed by atoms with Gasteiger partial charge in [-0.1, -0.05) is 31.8 Å². The van der Waals surface area contributed by atoms with Gasteiger partial charge in [0, 0.05) is 43.7 Å². The van der Waals surface area contributed by atoms with Gasteiger partial charge in [-0.05, 0) is 18.4 Å². The van der Waals surface area contributed by atoms with Gasteiger partial charge in [-0.25, -0.2) is 0 Å². The molecule has 5 atom stereocenters. The molecule has 27 heavy (non-hydrogen) atoms. The van der Waals surface area contributed by atoms with Crippen LogP contribution in [0.1, 0.15) is 53.4 Å². The molecule has 154 valence electrons. The van der Waals surface area contributed by atoms with Crippen LogP contribution in [0.2, 0.25) is 0 Å². The maximum Gasteiger partial charge on any atom is 0.303 e. The number of azide groups is 1. The Morgan fingerprint density at radius 2 is 1.78 bits per heavy atom. The van der Waals surface area contributed by atoms with E-state index in [4.69, 9.17) is 24.5 Å². The molecule has 5 unspecified atom stereocenters. The Balaban J connectivity index is 2.50. The number of nitrogens with zero attached hydrogens (tertiary/aromatic N) is 3. The van der Waals surface area contributed by atoms with Crippen LogP contribution in [0.15, 0.2) is 5.11 Å². The zero-order valence-corrected chi connectivity index (χ0v) is 16.6. The first-order valence-electron chi connectivity index (χ1n) is 9.45. The number of hydrogen-bond donors (Lipinski definition) is 0. The van der Waals surface area contributed by atoms with Crippen molar-refractivity contribution in [2.75, 3.05) is 19.8 Å². The highest BCUT2D eigenvalue weighted by molar-refractivity contribution is 5.66. The minimum absolute atomic E-state index is 0.00273. The normalized spacial score (nSPS) is 27.5. The fourth-order valence-corrected chi connectivity index (χ4v) is 3.04. The van der Waals surface area contributed by atoms with Gasteiger partial charge < -0.3 is 18.9 Å². The van der Waals surface area contributed by atoms with Crippen LogP contribution in [0, 0.1) is 11.8 Å². The summed E-state index contributed by atoms with van der Waals surface area (Å²) in [5, 5.41) is 3.50. The van der Waals surface area contributed by atoms with E-state index in [2.05, 4.69) is 10.0 Å². The number of carbonyl (C=O) groups excluding carboxylic acids is 2. The van der Waals surface area contributed by atoms with Crippen molar-refractivity contribution in [1.29, 1.82) is 0 Å². The van der Waals surface area contributed by atoms with E-state index in [9.17, 15) is 9.59 Å².